The van der Waals surface area contributed by atoms with Gasteiger partial charge in [-0.1, -0.05) is 43.4 Å². The molecule has 0 aliphatic heterocycles. The summed E-state index contributed by atoms with van der Waals surface area (Å²) in [6.07, 6.45) is 1.45. The third-order valence-corrected chi connectivity index (χ3v) is 4.43. The molecule has 0 bridgehead atoms. The van der Waals surface area contributed by atoms with Gasteiger partial charge in [0.25, 0.3) is 5.91 Å². The second kappa shape index (κ2) is 7.89. The Balaban J connectivity index is 1.94. The summed E-state index contributed by atoms with van der Waals surface area (Å²) in [5.74, 6) is 0.845. The van der Waals surface area contributed by atoms with Crippen LogP contribution in [-0.2, 0) is 4.79 Å². The molecule has 0 radical (unpaired) electrons. The Kier molecular flexibility index (Phi) is 5.89. The van der Waals surface area contributed by atoms with Gasteiger partial charge in [-0.25, -0.2) is 0 Å². The number of hydrogen-bond acceptors (Lipinski definition) is 5. The van der Waals surface area contributed by atoms with Crippen LogP contribution in [0.3, 0.4) is 0 Å². The summed E-state index contributed by atoms with van der Waals surface area (Å²) < 4.78 is 5.59. The van der Waals surface area contributed by atoms with Gasteiger partial charge >= 0.3 is 0 Å². The van der Waals surface area contributed by atoms with Crippen LogP contribution in [-0.4, -0.2) is 22.2 Å². The normalized spacial score (nSPS) is 12.2. The molecule has 6 heteroatoms. The number of anilines is 1. The molecule has 0 saturated heterocycles. The highest BCUT2D eigenvalue weighted by Gasteiger charge is 2.18. The minimum Gasteiger partial charge on any atom is -0.481 e. The van der Waals surface area contributed by atoms with E-state index < -0.39 is 6.10 Å². The van der Waals surface area contributed by atoms with E-state index in [0.717, 1.165) is 17.8 Å². The van der Waals surface area contributed by atoms with E-state index in [-0.39, 0.29) is 5.91 Å². The standard InChI is InChI=1S/C16H21N3O2S/c1-4-12(5-2)15-18-19-16(22-15)17-14(20)11(3)21-13-9-7-6-8-10-13/h6-12H,4-5H2,1-3H3,(H,17,19,20)/t11-/m1/s1. The van der Waals surface area contributed by atoms with Gasteiger partial charge in [-0.15, -0.1) is 10.2 Å². The molecule has 5 nitrogen and oxygen atoms in total. The zero-order valence-corrected chi connectivity index (χ0v) is 13.9. The maximum Gasteiger partial charge on any atom is 0.266 e. The molecule has 0 aliphatic rings. The quantitative estimate of drug-likeness (QED) is 0.842. The summed E-state index contributed by atoms with van der Waals surface area (Å²) in [5, 5.41) is 12.5. The number of hydrogen-bond donors (Lipinski definition) is 1. The number of carbonyl (C=O) groups is 1. The van der Waals surface area contributed by atoms with Gasteiger partial charge in [0.1, 0.15) is 10.8 Å². The van der Waals surface area contributed by atoms with Gasteiger partial charge in [0.2, 0.25) is 5.13 Å². The fraction of sp³-hybridized carbons (Fsp3) is 0.438. The van der Waals surface area contributed by atoms with Crippen LogP contribution in [0.2, 0.25) is 0 Å². The molecule has 1 aromatic heterocycles. The van der Waals surface area contributed by atoms with Crippen LogP contribution >= 0.6 is 11.3 Å². The van der Waals surface area contributed by atoms with Gasteiger partial charge in [0.15, 0.2) is 6.10 Å². The Labute approximate surface area is 134 Å². The van der Waals surface area contributed by atoms with E-state index in [1.54, 1.807) is 6.92 Å². The van der Waals surface area contributed by atoms with E-state index >= 15 is 0 Å². The first-order valence-electron chi connectivity index (χ1n) is 7.50. The number of nitrogens with zero attached hydrogens (tertiary/aromatic N) is 2. The van der Waals surface area contributed by atoms with E-state index in [9.17, 15) is 4.79 Å². The number of nitrogens with one attached hydrogen (secondary N) is 1. The molecule has 118 valence electrons. The predicted octanol–water partition coefficient (Wildman–Crippen LogP) is 3.85. The first-order chi connectivity index (χ1) is 10.6. The van der Waals surface area contributed by atoms with E-state index in [1.807, 2.05) is 30.3 Å². The number of para-hydroxylation sites is 1. The monoisotopic (exact) mass is 319 g/mol. The first kappa shape index (κ1) is 16.4. The lowest BCUT2D eigenvalue weighted by atomic mass is 10.1. The highest BCUT2D eigenvalue weighted by atomic mass is 32.1. The minimum absolute atomic E-state index is 0.226. The van der Waals surface area contributed by atoms with Gasteiger partial charge in [0.05, 0.1) is 0 Å². The first-order valence-corrected chi connectivity index (χ1v) is 8.31. The lowest BCUT2D eigenvalue weighted by molar-refractivity contribution is -0.122. The Morgan fingerprint density at radius 2 is 1.91 bits per heavy atom. The van der Waals surface area contributed by atoms with Gasteiger partial charge in [0, 0.05) is 5.92 Å². The summed E-state index contributed by atoms with van der Waals surface area (Å²) in [7, 11) is 0. The Bertz CT molecular complexity index is 596. The van der Waals surface area contributed by atoms with Gasteiger partial charge < -0.3 is 4.74 Å². The van der Waals surface area contributed by atoms with Crippen molar-refractivity contribution in [3.05, 3.63) is 35.3 Å². The maximum atomic E-state index is 12.1. The Morgan fingerprint density at radius 1 is 1.23 bits per heavy atom. The van der Waals surface area contributed by atoms with Crippen molar-refractivity contribution in [1.82, 2.24) is 10.2 Å². The molecule has 22 heavy (non-hydrogen) atoms. The molecule has 0 saturated carbocycles. The molecule has 0 fully saturated rings. The molecule has 1 N–H and O–H groups in total. The average molecular weight is 319 g/mol. The molecular formula is C16H21N3O2S. The summed E-state index contributed by atoms with van der Waals surface area (Å²) in [6.45, 7) is 5.97. The van der Waals surface area contributed by atoms with Crippen molar-refractivity contribution in [3.63, 3.8) is 0 Å². The van der Waals surface area contributed by atoms with Crippen LogP contribution in [0.25, 0.3) is 0 Å². The number of amides is 1. The van der Waals surface area contributed by atoms with Crippen molar-refractivity contribution >= 4 is 22.4 Å². The fourth-order valence-electron chi connectivity index (χ4n) is 2.05. The summed E-state index contributed by atoms with van der Waals surface area (Å²) in [5.41, 5.74) is 0. The minimum atomic E-state index is -0.595. The summed E-state index contributed by atoms with van der Waals surface area (Å²) in [6, 6.07) is 9.28. The topological polar surface area (TPSA) is 64.1 Å². The number of aromatic nitrogens is 2. The van der Waals surface area contributed by atoms with Crippen molar-refractivity contribution in [2.45, 2.75) is 45.6 Å². The number of benzene rings is 1. The zero-order chi connectivity index (χ0) is 15.9. The van der Waals surface area contributed by atoms with E-state index in [2.05, 4.69) is 29.4 Å². The van der Waals surface area contributed by atoms with Crippen LogP contribution in [0.5, 0.6) is 5.75 Å². The SMILES string of the molecule is CCC(CC)c1nnc(NC(=O)[C@@H](C)Oc2ccccc2)s1. The lowest BCUT2D eigenvalue weighted by Gasteiger charge is -2.13. The Hall–Kier alpha value is -1.95. The van der Waals surface area contributed by atoms with Crippen molar-refractivity contribution in [1.29, 1.82) is 0 Å². The third kappa shape index (κ3) is 4.27. The molecule has 0 unspecified atom stereocenters. The van der Waals surface area contributed by atoms with Gasteiger partial charge in [-0.05, 0) is 31.9 Å². The van der Waals surface area contributed by atoms with E-state index in [4.69, 9.17) is 4.74 Å². The van der Waals surface area contributed by atoms with Crippen LogP contribution in [0, 0.1) is 0 Å². The van der Waals surface area contributed by atoms with Crippen LogP contribution in [0.1, 0.15) is 44.5 Å². The second-order valence-electron chi connectivity index (χ2n) is 5.02. The van der Waals surface area contributed by atoms with Crippen molar-refractivity contribution < 1.29 is 9.53 Å². The van der Waals surface area contributed by atoms with Crippen LogP contribution in [0.4, 0.5) is 5.13 Å². The van der Waals surface area contributed by atoms with Crippen molar-refractivity contribution in [3.8, 4) is 5.75 Å². The largest absolute Gasteiger partial charge is 0.481 e. The number of carbonyl (C=O) groups excluding carboxylic acids is 1. The Morgan fingerprint density at radius 3 is 2.55 bits per heavy atom. The molecule has 1 heterocycles. The second-order valence-corrected chi connectivity index (χ2v) is 6.03. The van der Waals surface area contributed by atoms with Gasteiger partial charge in [-0.2, -0.15) is 0 Å². The van der Waals surface area contributed by atoms with Gasteiger partial charge in [-0.3, -0.25) is 10.1 Å². The fourth-order valence-corrected chi connectivity index (χ4v) is 3.06. The lowest BCUT2D eigenvalue weighted by Crippen LogP contribution is -2.30. The molecule has 1 aromatic carbocycles. The summed E-state index contributed by atoms with van der Waals surface area (Å²) in [4.78, 5) is 12.1. The van der Waals surface area contributed by atoms with E-state index in [0.29, 0.717) is 16.8 Å². The average Bonchev–Trinajstić information content (AvgIpc) is 2.98. The predicted molar refractivity (Wildman–Crippen MR) is 88.4 cm³/mol. The molecule has 0 aliphatic carbocycles. The number of rotatable bonds is 7. The highest BCUT2D eigenvalue weighted by molar-refractivity contribution is 7.15. The molecule has 2 rings (SSSR count). The highest BCUT2D eigenvalue weighted by Crippen LogP contribution is 2.28. The molecular weight excluding hydrogens is 298 g/mol. The zero-order valence-electron chi connectivity index (χ0n) is 13.1. The molecule has 2 aromatic rings. The molecule has 1 amide bonds. The number of ether oxygens (including phenoxy) is 1. The molecule has 0 spiro atoms. The van der Waals surface area contributed by atoms with Crippen LogP contribution < -0.4 is 10.1 Å². The summed E-state index contributed by atoms with van der Waals surface area (Å²) >= 11 is 1.43. The third-order valence-electron chi connectivity index (χ3n) is 3.43. The maximum absolute atomic E-state index is 12.1. The van der Waals surface area contributed by atoms with Crippen molar-refractivity contribution in [2.75, 3.05) is 5.32 Å². The smallest absolute Gasteiger partial charge is 0.266 e. The van der Waals surface area contributed by atoms with Crippen molar-refractivity contribution in [2.24, 2.45) is 0 Å². The van der Waals surface area contributed by atoms with Crippen LogP contribution in [0.15, 0.2) is 30.3 Å². The molecule has 1 atom stereocenters. The van der Waals surface area contributed by atoms with E-state index in [1.165, 1.54) is 11.3 Å².